The number of benzene rings is 4. The zero-order valence-corrected chi connectivity index (χ0v) is 24.9. The number of β-amino-alcohol motifs (C(OH)–C–C–N with tert-alkyl or cyclic N) is 1. The monoisotopic (exact) mass is 591 g/mol. The quantitative estimate of drug-likeness (QED) is 0.116. The highest BCUT2D eigenvalue weighted by Crippen LogP contribution is 2.40. The van der Waals surface area contributed by atoms with Crippen LogP contribution in [0.25, 0.3) is 11.1 Å². The second-order valence-corrected chi connectivity index (χ2v) is 11.1. The number of esters is 1. The number of nitrogens with zero attached hydrogens (tertiary/aromatic N) is 1. The van der Waals surface area contributed by atoms with Crippen LogP contribution in [0.3, 0.4) is 0 Å². The smallest absolute Gasteiger partial charge is 0.343 e. The van der Waals surface area contributed by atoms with Gasteiger partial charge in [0.1, 0.15) is 24.2 Å². The summed E-state index contributed by atoms with van der Waals surface area (Å²) < 4.78 is 22.8. The van der Waals surface area contributed by atoms with Gasteiger partial charge in [-0.1, -0.05) is 55.5 Å². The van der Waals surface area contributed by atoms with Gasteiger partial charge in [0.15, 0.2) is 11.5 Å². The van der Waals surface area contributed by atoms with Crippen LogP contribution in [0.2, 0.25) is 0 Å². The van der Waals surface area contributed by atoms with Crippen LogP contribution >= 0.6 is 0 Å². The maximum atomic E-state index is 12.6. The van der Waals surface area contributed by atoms with E-state index in [1.54, 1.807) is 12.1 Å². The third-order valence-corrected chi connectivity index (χ3v) is 7.99. The standard InChI is InChI=1S/C37H37NO6/c1-2-33(29-14-19-34-35(22-29)43-25-42-34)36(27-12-17-32(18-13-27)44-37(40)28-8-4-3-5-9-28)26-10-15-31(16-11-26)41-24-30(39)23-38-20-6-7-21-38/h3-5,8-19,22,30,39H,2,6-7,20-21,23-25H2,1H3/b36-33+. The molecule has 1 atom stereocenters. The first-order chi connectivity index (χ1) is 21.6. The van der Waals surface area contributed by atoms with E-state index >= 15 is 0 Å². The molecule has 2 aliphatic heterocycles. The van der Waals surface area contributed by atoms with Crippen LogP contribution in [0.1, 0.15) is 53.2 Å². The molecular weight excluding hydrogens is 554 g/mol. The van der Waals surface area contributed by atoms with Crippen LogP contribution in [-0.2, 0) is 0 Å². The summed E-state index contributed by atoms with van der Waals surface area (Å²) in [5.41, 5.74) is 5.71. The summed E-state index contributed by atoms with van der Waals surface area (Å²) in [6.07, 6.45) is 2.62. The lowest BCUT2D eigenvalue weighted by atomic mass is 9.88. The van der Waals surface area contributed by atoms with E-state index in [-0.39, 0.29) is 13.4 Å². The number of rotatable bonds is 11. The van der Waals surface area contributed by atoms with E-state index in [1.165, 1.54) is 12.8 Å². The third-order valence-electron chi connectivity index (χ3n) is 7.99. The number of ether oxygens (including phenoxy) is 4. The number of carbonyl (C=O) groups excluding carboxylic acids is 1. The molecular formula is C37H37NO6. The van der Waals surface area contributed by atoms with Gasteiger partial charge in [-0.2, -0.15) is 0 Å². The summed E-state index contributed by atoms with van der Waals surface area (Å²) in [7, 11) is 0. The first kappa shape index (κ1) is 29.5. The van der Waals surface area contributed by atoms with E-state index in [0.717, 1.165) is 58.8 Å². The second-order valence-electron chi connectivity index (χ2n) is 11.1. The van der Waals surface area contributed by atoms with E-state index < -0.39 is 12.1 Å². The first-order valence-corrected chi connectivity index (χ1v) is 15.2. The number of carbonyl (C=O) groups is 1. The second kappa shape index (κ2) is 13.8. The van der Waals surface area contributed by atoms with Gasteiger partial charge in [0, 0.05) is 6.54 Å². The lowest BCUT2D eigenvalue weighted by Crippen LogP contribution is -2.33. The molecule has 0 bridgehead atoms. The Morgan fingerprint density at radius 2 is 1.43 bits per heavy atom. The number of hydrogen-bond donors (Lipinski definition) is 1. The van der Waals surface area contributed by atoms with Crippen molar-refractivity contribution in [2.24, 2.45) is 0 Å². The predicted molar refractivity (Wildman–Crippen MR) is 170 cm³/mol. The summed E-state index contributed by atoms with van der Waals surface area (Å²) in [4.78, 5) is 14.9. The lowest BCUT2D eigenvalue weighted by Gasteiger charge is -2.20. The van der Waals surface area contributed by atoms with E-state index in [9.17, 15) is 9.90 Å². The van der Waals surface area contributed by atoms with Crippen LogP contribution in [0.15, 0.2) is 97.1 Å². The molecule has 6 rings (SSSR count). The molecule has 2 heterocycles. The van der Waals surface area contributed by atoms with Gasteiger partial charge >= 0.3 is 5.97 Å². The molecule has 0 radical (unpaired) electrons. The van der Waals surface area contributed by atoms with E-state index in [2.05, 4.69) is 17.9 Å². The molecule has 4 aromatic rings. The molecule has 0 saturated carbocycles. The molecule has 7 heteroatoms. The summed E-state index contributed by atoms with van der Waals surface area (Å²) >= 11 is 0. The number of fused-ring (bicyclic) bond motifs is 1. The summed E-state index contributed by atoms with van der Waals surface area (Å²) in [5, 5.41) is 10.5. The third kappa shape index (κ3) is 6.96. The maximum Gasteiger partial charge on any atom is 0.343 e. The Morgan fingerprint density at radius 3 is 2.11 bits per heavy atom. The van der Waals surface area contributed by atoms with E-state index in [4.69, 9.17) is 18.9 Å². The Balaban J connectivity index is 1.27. The van der Waals surface area contributed by atoms with Crippen LogP contribution in [0.4, 0.5) is 0 Å². The highest BCUT2D eigenvalue weighted by molar-refractivity contribution is 5.99. The lowest BCUT2D eigenvalue weighted by molar-refractivity contribution is 0.0734. The van der Waals surface area contributed by atoms with Crippen molar-refractivity contribution in [3.63, 3.8) is 0 Å². The zero-order chi connectivity index (χ0) is 30.3. The minimum absolute atomic E-state index is 0.216. The van der Waals surface area contributed by atoms with Crippen molar-refractivity contribution in [1.29, 1.82) is 0 Å². The van der Waals surface area contributed by atoms with Crippen LogP contribution in [0, 0.1) is 0 Å². The summed E-state index contributed by atoms with van der Waals surface area (Å²) in [6.45, 7) is 5.32. The number of allylic oxidation sites excluding steroid dienone is 1. The highest BCUT2D eigenvalue weighted by Gasteiger charge is 2.19. The molecule has 1 saturated heterocycles. The number of likely N-dealkylation sites (tertiary alicyclic amines) is 1. The van der Waals surface area contributed by atoms with Crippen LogP contribution in [0.5, 0.6) is 23.0 Å². The highest BCUT2D eigenvalue weighted by atomic mass is 16.7. The number of hydrogen-bond acceptors (Lipinski definition) is 7. The van der Waals surface area contributed by atoms with Gasteiger partial charge in [-0.3, -0.25) is 0 Å². The molecule has 0 spiro atoms. The van der Waals surface area contributed by atoms with Crippen molar-refractivity contribution >= 4 is 17.1 Å². The van der Waals surface area contributed by atoms with Crippen molar-refractivity contribution in [1.82, 2.24) is 4.90 Å². The maximum absolute atomic E-state index is 12.6. The zero-order valence-electron chi connectivity index (χ0n) is 24.9. The van der Waals surface area contributed by atoms with Crippen molar-refractivity contribution < 1.29 is 28.8 Å². The first-order valence-electron chi connectivity index (χ1n) is 15.2. The van der Waals surface area contributed by atoms with Gasteiger partial charge in [-0.15, -0.1) is 0 Å². The Labute approximate surface area is 258 Å². The Bertz CT molecular complexity index is 1590. The SMILES string of the molecule is CC/C(=C(/c1ccc(OCC(O)CN2CCCC2)cc1)c1ccc(OC(=O)c2ccccc2)cc1)c1ccc2c(c1)OCO2. The van der Waals surface area contributed by atoms with Crippen molar-refractivity contribution in [2.45, 2.75) is 32.3 Å². The molecule has 0 aromatic heterocycles. The van der Waals surface area contributed by atoms with Gasteiger partial charge in [0.25, 0.3) is 0 Å². The molecule has 44 heavy (non-hydrogen) atoms. The molecule has 226 valence electrons. The minimum Gasteiger partial charge on any atom is -0.491 e. The summed E-state index contributed by atoms with van der Waals surface area (Å²) in [5.74, 6) is 2.25. The van der Waals surface area contributed by atoms with Gasteiger partial charge < -0.3 is 29.0 Å². The molecule has 1 fully saturated rings. The fourth-order valence-corrected chi connectivity index (χ4v) is 5.78. The number of aliphatic hydroxyl groups excluding tert-OH is 1. The normalized spacial score (nSPS) is 15.5. The van der Waals surface area contributed by atoms with Gasteiger partial charge in [0.05, 0.1) is 5.56 Å². The topological polar surface area (TPSA) is 77.5 Å². The molecule has 1 unspecified atom stereocenters. The molecule has 4 aromatic carbocycles. The molecule has 7 nitrogen and oxygen atoms in total. The average Bonchev–Trinajstić information content (AvgIpc) is 3.76. The average molecular weight is 592 g/mol. The molecule has 0 aliphatic carbocycles. The Hall–Kier alpha value is -4.59. The van der Waals surface area contributed by atoms with E-state index in [0.29, 0.717) is 23.6 Å². The summed E-state index contributed by atoms with van der Waals surface area (Å²) in [6, 6.07) is 30.6. The predicted octanol–water partition coefficient (Wildman–Crippen LogP) is 6.84. The molecule has 0 amide bonds. The van der Waals surface area contributed by atoms with Gasteiger partial charge in [0.2, 0.25) is 6.79 Å². The fraction of sp³-hybridized carbons (Fsp3) is 0.270. The van der Waals surface area contributed by atoms with Crippen molar-refractivity contribution in [3.8, 4) is 23.0 Å². The largest absolute Gasteiger partial charge is 0.491 e. The van der Waals surface area contributed by atoms with Gasteiger partial charge in [-0.05, 0) is 109 Å². The van der Waals surface area contributed by atoms with Crippen LogP contribution < -0.4 is 18.9 Å². The van der Waals surface area contributed by atoms with Crippen LogP contribution in [-0.4, -0.2) is 55.1 Å². The Kier molecular flexibility index (Phi) is 9.25. The fourth-order valence-electron chi connectivity index (χ4n) is 5.78. The van der Waals surface area contributed by atoms with Crippen molar-refractivity contribution in [2.75, 3.05) is 33.0 Å². The Morgan fingerprint density at radius 1 is 0.795 bits per heavy atom. The number of aliphatic hydroxyl groups is 1. The van der Waals surface area contributed by atoms with Gasteiger partial charge in [-0.25, -0.2) is 4.79 Å². The van der Waals surface area contributed by atoms with E-state index in [1.807, 2.05) is 78.9 Å². The van der Waals surface area contributed by atoms with Crippen molar-refractivity contribution in [3.05, 3.63) is 119 Å². The molecule has 1 N–H and O–H groups in total. The molecule has 2 aliphatic rings. The minimum atomic E-state index is -0.532.